The van der Waals surface area contributed by atoms with Gasteiger partial charge in [0.15, 0.2) is 11.5 Å². The number of benzene rings is 1. The number of aromatic amines is 1. The van der Waals surface area contributed by atoms with Crippen molar-refractivity contribution in [1.82, 2.24) is 25.0 Å². The van der Waals surface area contributed by atoms with Crippen molar-refractivity contribution < 1.29 is 4.79 Å². The molecule has 2 N–H and O–H groups in total. The van der Waals surface area contributed by atoms with Crippen molar-refractivity contribution in [2.75, 3.05) is 5.32 Å². The van der Waals surface area contributed by atoms with Crippen molar-refractivity contribution in [3.05, 3.63) is 47.5 Å². The summed E-state index contributed by atoms with van der Waals surface area (Å²) in [6.07, 6.45) is 6.87. The van der Waals surface area contributed by atoms with Gasteiger partial charge >= 0.3 is 0 Å². The maximum Gasteiger partial charge on any atom is 0.276 e. The summed E-state index contributed by atoms with van der Waals surface area (Å²) in [4.78, 5) is 12.5. The van der Waals surface area contributed by atoms with E-state index < -0.39 is 0 Å². The van der Waals surface area contributed by atoms with Gasteiger partial charge in [-0.3, -0.25) is 9.89 Å². The first-order valence-corrected chi connectivity index (χ1v) is 9.67. The minimum absolute atomic E-state index is 0.199. The molecule has 1 amide bonds. The second kappa shape index (κ2) is 6.64. The van der Waals surface area contributed by atoms with E-state index in [1.54, 1.807) is 0 Å². The van der Waals surface area contributed by atoms with Crippen molar-refractivity contribution >= 4 is 11.6 Å². The molecule has 27 heavy (non-hydrogen) atoms. The topological polar surface area (TPSA) is 88.5 Å². The number of carbonyl (C=O) groups excluding carboxylic acids is 1. The molecule has 2 aliphatic rings. The van der Waals surface area contributed by atoms with Crippen LogP contribution in [0.25, 0.3) is 11.4 Å². The molecule has 138 valence electrons. The lowest BCUT2D eigenvalue weighted by Gasteiger charge is -2.09. The molecule has 0 atom stereocenters. The maximum absolute atomic E-state index is 12.5. The number of amides is 1. The van der Waals surface area contributed by atoms with Crippen LogP contribution in [0.4, 0.5) is 5.69 Å². The molecule has 1 aliphatic heterocycles. The summed E-state index contributed by atoms with van der Waals surface area (Å²) < 4.78 is 2.21. The smallest absolute Gasteiger partial charge is 0.276 e. The molecule has 0 unspecified atom stereocenters. The number of rotatable bonds is 4. The first-order chi connectivity index (χ1) is 13.3. The van der Waals surface area contributed by atoms with E-state index in [2.05, 4.69) is 30.3 Å². The minimum atomic E-state index is -0.199. The van der Waals surface area contributed by atoms with Gasteiger partial charge in [-0.25, -0.2) is 0 Å². The van der Waals surface area contributed by atoms with E-state index in [1.165, 1.54) is 25.7 Å². The van der Waals surface area contributed by atoms with Gasteiger partial charge in [0.1, 0.15) is 5.82 Å². The van der Waals surface area contributed by atoms with Gasteiger partial charge in [-0.1, -0.05) is 18.6 Å². The van der Waals surface area contributed by atoms with E-state index in [0.717, 1.165) is 48.0 Å². The monoisotopic (exact) mass is 362 g/mol. The number of anilines is 1. The van der Waals surface area contributed by atoms with Crippen molar-refractivity contribution in [3.63, 3.8) is 0 Å². The van der Waals surface area contributed by atoms with Crippen molar-refractivity contribution in [3.8, 4) is 11.4 Å². The van der Waals surface area contributed by atoms with Crippen LogP contribution < -0.4 is 5.32 Å². The number of nitrogens with one attached hydrogen (secondary N) is 2. The van der Waals surface area contributed by atoms with Crippen molar-refractivity contribution in [2.24, 2.45) is 0 Å². The summed E-state index contributed by atoms with van der Waals surface area (Å²) in [5.41, 5.74) is 3.19. The standard InChI is InChI=1S/C20H22N6O/c27-20(17-12-16(22-23-17)13-8-9-13)21-15-6-4-5-14(11-15)19-25-24-18-7-2-1-3-10-26(18)19/h4-6,11-13H,1-3,7-10H2,(H,21,27)(H,22,23). The Bertz CT molecular complexity index is 984. The number of aromatic nitrogens is 5. The molecule has 0 spiro atoms. The van der Waals surface area contributed by atoms with Crippen LogP contribution in [-0.2, 0) is 13.0 Å². The van der Waals surface area contributed by atoms with E-state index in [-0.39, 0.29) is 5.91 Å². The Labute approximate surface area is 157 Å². The quantitative estimate of drug-likeness (QED) is 0.743. The highest BCUT2D eigenvalue weighted by molar-refractivity contribution is 6.03. The largest absolute Gasteiger partial charge is 0.321 e. The molecule has 1 saturated carbocycles. The molecular weight excluding hydrogens is 340 g/mol. The van der Waals surface area contributed by atoms with Crippen LogP contribution >= 0.6 is 0 Å². The minimum Gasteiger partial charge on any atom is -0.321 e. The molecule has 1 fully saturated rings. The predicted molar refractivity (Wildman–Crippen MR) is 102 cm³/mol. The first-order valence-electron chi connectivity index (χ1n) is 9.67. The fraction of sp³-hybridized carbons (Fsp3) is 0.400. The molecule has 3 aromatic rings. The Hall–Kier alpha value is -2.96. The van der Waals surface area contributed by atoms with E-state index in [9.17, 15) is 4.79 Å². The third kappa shape index (κ3) is 3.25. The number of fused-ring (bicyclic) bond motifs is 1. The Morgan fingerprint density at radius 2 is 2.07 bits per heavy atom. The lowest BCUT2D eigenvalue weighted by molar-refractivity contribution is 0.102. The average molecular weight is 362 g/mol. The first kappa shape index (κ1) is 16.2. The van der Waals surface area contributed by atoms with Gasteiger partial charge in [0, 0.05) is 35.8 Å². The highest BCUT2D eigenvalue weighted by Crippen LogP contribution is 2.39. The molecule has 0 saturated heterocycles. The fourth-order valence-corrected chi connectivity index (χ4v) is 3.69. The molecule has 1 aliphatic carbocycles. The zero-order chi connectivity index (χ0) is 18.2. The molecule has 2 aromatic heterocycles. The Kier molecular flexibility index (Phi) is 3.99. The maximum atomic E-state index is 12.5. The lowest BCUT2D eigenvalue weighted by Crippen LogP contribution is -2.12. The van der Waals surface area contributed by atoms with Crippen LogP contribution in [0.1, 0.15) is 60.0 Å². The lowest BCUT2D eigenvalue weighted by atomic mass is 10.1. The number of hydrogen-bond donors (Lipinski definition) is 2. The van der Waals surface area contributed by atoms with Gasteiger partial charge in [0.2, 0.25) is 0 Å². The van der Waals surface area contributed by atoms with Gasteiger partial charge < -0.3 is 9.88 Å². The van der Waals surface area contributed by atoms with Gasteiger partial charge in [-0.15, -0.1) is 10.2 Å². The third-order valence-electron chi connectivity index (χ3n) is 5.34. The summed E-state index contributed by atoms with van der Waals surface area (Å²) in [5, 5.41) is 18.8. The molecule has 7 heteroatoms. The van der Waals surface area contributed by atoms with E-state index in [0.29, 0.717) is 11.6 Å². The summed E-state index contributed by atoms with van der Waals surface area (Å²) in [6, 6.07) is 9.64. The zero-order valence-electron chi connectivity index (χ0n) is 15.1. The SMILES string of the molecule is O=C(Nc1cccc(-c2nnc3n2CCCCC3)c1)c1cc(C2CC2)[nH]n1. The van der Waals surface area contributed by atoms with Gasteiger partial charge in [-0.05, 0) is 43.9 Å². The van der Waals surface area contributed by atoms with Gasteiger partial charge in [0.05, 0.1) is 0 Å². The average Bonchev–Trinajstić information content (AvgIpc) is 3.35. The van der Waals surface area contributed by atoms with E-state index >= 15 is 0 Å². The molecular formula is C20H22N6O. The predicted octanol–water partition coefficient (Wildman–Crippen LogP) is 3.52. The fourth-order valence-electron chi connectivity index (χ4n) is 3.69. The zero-order valence-corrected chi connectivity index (χ0v) is 15.1. The van der Waals surface area contributed by atoms with Crippen LogP contribution in [0.3, 0.4) is 0 Å². The Morgan fingerprint density at radius 3 is 2.96 bits per heavy atom. The number of H-pyrrole nitrogens is 1. The molecule has 5 rings (SSSR count). The Morgan fingerprint density at radius 1 is 1.15 bits per heavy atom. The number of aryl methyl sites for hydroxylation is 1. The van der Waals surface area contributed by atoms with Crippen LogP contribution in [0, 0.1) is 0 Å². The molecule has 7 nitrogen and oxygen atoms in total. The number of carbonyl (C=O) groups is 1. The second-order valence-corrected chi connectivity index (χ2v) is 7.42. The molecule has 3 heterocycles. The second-order valence-electron chi connectivity index (χ2n) is 7.42. The van der Waals surface area contributed by atoms with Crippen LogP contribution in [0.5, 0.6) is 0 Å². The van der Waals surface area contributed by atoms with Crippen molar-refractivity contribution in [1.29, 1.82) is 0 Å². The normalized spacial score (nSPS) is 16.6. The van der Waals surface area contributed by atoms with Crippen molar-refractivity contribution in [2.45, 2.75) is 51.0 Å². The van der Waals surface area contributed by atoms with Crippen LogP contribution in [-0.4, -0.2) is 30.9 Å². The summed E-state index contributed by atoms with van der Waals surface area (Å²) in [5.74, 6) is 2.28. The highest BCUT2D eigenvalue weighted by Gasteiger charge is 2.26. The molecule has 1 aromatic carbocycles. The Balaban J connectivity index is 1.37. The van der Waals surface area contributed by atoms with E-state index in [1.807, 2.05) is 30.3 Å². The molecule has 0 radical (unpaired) electrons. The summed E-state index contributed by atoms with van der Waals surface area (Å²) in [7, 11) is 0. The third-order valence-corrected chi connectivity index (χ3v) is 5.34. The summed E-state index contributed by atoms with van der Waals surface area (Å²) in [6.45, 7) is 0.950. The number of hydrogen-bond acceptors (Lipinski definition) is 4. The molecule has 0 bridgehead atoms. The van der Waals surface area contributed by atoms with E-state index in [4.69, 9.17) is 0 Å². The summed E-state index contributed by atoms with van der Waals surface area (Å²) >= 11 is 0. The number of nitrogens with zero attached hydrogens (tertiary/aromatic N) is 4. The van der Waals surface area contributed by atoms with Crippen LogP contribution in [0.15, 0.2) is 30.3 Å². The van der Waals surface area contributed by atoms with Crippen LogP contribution in [0.2, 0.25) is 0 Å². The van der Waals surface area contributed by atoms with Gasteiger partial charge in [-0.2, -0.15) is 5.10 Å². The van der Waals surface area contributed by atoms with Gasteiger partial charge in [0.25, 0.3) is 5.91 Å². The highest BCUT2D eigenvalue weighted by atomic mass is 16.1.